The highest BCUT2D eigenvalue weighted by molar-refractivity contribution is 7.13. The summed E-state index contributed by atoms with van der Waals surface area (Å²) in [5.41, 5.74) is 4.57. The number of hydrogen-bond acceptors (Lipinski definition) is 16. The number of nitrogens with zero attached hydrogens (tertiary/aromatic N) is 7. The van der Waals surface area contributed by atoms with Crippen LogP contribution in [0.5, 0.6) is 5.75 Å². The standard InChI is InChI=1S/C61H78F3N11O9S/c1-41-54(85-40-70-41)43-19-17-42(18-20-43)35-67-58(79)51-34-47(76)38-75(51)59(80)55(60(2,3)4)71-53(77)16-9-8-11-26-82-29-31-83-30-28-81-25-10-6-7-12-27-84-48-21-22-49(61(62,63)64)45(33-48)36-68-57(78)44-14-13-15-46(32-44)66-37-52-72-73-56(74(52)5)50-23-24-65-39-69-50/h13-15,17-24,32-33,39-40,47,51,55,66,76H,6-12,16,25-31,34-38H2,1-5H3,(H,67,79)(H,68,78)(H,71,77)/t47-,51+,55-/m1/s1. The van der Waals surface area contributed by atoms with E-state index in [1.807, 2.05) is 64.5 Å². The first-order valence-corrected chi connectivity index (χ1v) is 29.6. The Morgan fingerprint density at radius 1 is 0.788 bits per heavy atom. The Morgan fingerprint density at radius 2 is 1.49 bits per heavy atom. The number of hydrogen-bond donors (Lipinski definition) is 5. The van der Waals surface area contributed by atoms with Crippen LogP contribution < -0.4 is 26.0 Å². The van der Waals surface area contributed by atoms with Gasteiger partial charge in [-0.2, -0.15) is 13.2 Å². The van der Waals surface area contributed by atoms with Crippen LogP contribution in [0.25, 0.3) is 22.0 Å². The first-order chi connectivity index (χ1) is 40.8. The number of thiazole rings is 1. The van der Waals surface area contributed by atoms with Gasteiger partial charge in [0.2, 0.25) is 17.7 Å². The van der Waals surface area contributed by atoms with Crippen molar-refractivity contribution in [2.24, 2.45) is 12.5 Å². The Kier molecular flexibility index (Phi) is 24.7. The Bertz CT molecular complexity index is 3090. The third kappa shape index (κ3) is 20.1. The van der Waals surface area contributed by atoms with Crippen LogP contribution in [0.2, 0.25) is 0 Å². The number of aryl methyl sites for hydroxylation is 1. The number of unbranched alkanes of at least 4 members (excludes halogenated alkanes) is 5. The number of nitrogens with one attached hydrogen (secondary N) is 4. The zero-order valence-corrected chi connectivity index (χ0v) is 49.7. The molecule has 1 aliphatic rings. The molecule has 0 aliphatic carbocycles. The Hall–Kier alpha value is -7.38. The molecule has 5 N–H and O–H groups in total. The molecule has 1 aliphatic heterocycles. The van der Waals surface area contributed by atoms with Crippen LogP contribution in [0.15, 0.2) is 90.8 Å². The minimum Gasteiger partial charge on any atom is -0.494 e. The van der Waals surface area contributed by atoms with Crippen molar-refractivity contribution in [1.29, 1.82) is 0 Å². The van der Waals surface area contributed by atoms with Crippen molar-refractivity contribution in [2.45, 2.75) is 129 Å². The smallest absolute Gasteiger partial charge is 0.416 e. The molecule has 24 heteroatoms. The first kappa shape index (κ1) is 65.2. The van der Waals surface area contributed by atoms with Crippen molar-refractivity contribution >= 4 is 40.7 Å². The largest absolute Gasteiger partial charge is 0.494 e. The summed E-state index contributed by atoms with van der Waals surface area (Å²) in [5.74, 6) is -0.104. The molecule has 7 rings (SSSR count). The number of alkyl halides is 3. The molecule has 458 valence electrons. The molecular weight excluding hydrogens is 1120 g/mol. The number of amides is 4. The van der Waals surface area contributed by atoms with E-state index in [1.54, 1.807) is 52.4 Å². The summed E-state index contributed by atoms with van der Waals surface area (Å²) in [4.78, 5) is 68.7. The summed E-state index contributed by atoms with van der Waals surface area (Å²) in [7, 11) is 1.81. The lowest BCUT2D eigenvalue weighted by molar-refractivity contribution is -0.144. The highest BCUT2D eigenvalue weighted by atomic mass is 32.1. The number of anilines is 1. The third-order valence-corrected chi connectivity index (χ3v) is 15.3. The minimum atomic E-state index is -4.63. The molecule has 3 atom stereocenters. The van der Waals surface area contributed by atoms with Gasteiger partial charge < -0.3 is 54.8 Å². The van der Waals surface area contributed by atoms with Crippen LogP contribution >= 0.6 is 11.3 Å². The highest BCUT2D eigenvalue weighted by Gasteiger charge is 2.44. The van der Waals surface area contributed by atoms with Gasteiger partial charge in [-0.1, -0.05) is 63.9 Å². The summed E-state index contributed by atoms with van der Waals surface area (Å²) in [5, 5.41) is 30.7. The SMILES string of the molecule is Cc1ncsc1-c1ccc(CNC(=O)[C@@H]2C[C@@H](O)CN2C(=O)[C@@H](NC(=O)CCCCCOCCOCCOCCCCCCOc2ccc(C(F)(F)F)c(CNC(=O)c3cccc(NCc4nnc(-c5ccncn5)n4C)c3)c2)C(C)(C)C)cc1. The monoisotopic (exact) mass is 1200 g/mol. The van der Waals surface area contributed by atoms with Crippen LogP contribution in [-0.2, 0) is 61.5 Å². The number of β-amino-alcohol motifs (C(OH)–C–C–N with tert-alkyl or cyclic N) is 1. The fourth-order valence-corrected chi connectivity index (χ4v) is 10.4. The second kappa shape index (κ2) is 32.2. The summed E-state index contributed by atoms with van der Waals surface area (Å²) in [6, 6.07) is 18.0. The van der Waals surface area contributed by atoms with Crippen LogP contribution in [0.1, 0.15) is 117 Å². The average molecular weight is 1200 g/mol. The molecule has 0 saturated carbocycles. The van der Waals surface area contributed by atoms with Gasteiger partial charge in [0, 0.05) is 70.2 Å². The number of aliphatic hydroxyl groups excluding tert-OH is 1. The van der Waals surface area contributed by atoms with Crippen LogP contribution in [0.3, 0.4) is 0 Å². The van der Waals surface area contributed by atoms with E-state index in [0.29, 0.717) is 82.1 Å². The highest BCUT2D eigenvalue weighted by Crippen LogP contribution is 2.35. The normalized spacial score (nSPS) is 14.7. The molecule has 4 amide bonds. The summed E-state index contributed by atoms with van der Waals surface area (Å²) >= 11 is 1.57. The molecule has 0 bridgehead atoms. The quantitative estimate of drug-likeness (QED) is 0.0242. The lowest BCUT2D eigenvalue weighted by Crippen LogP contribution is -2.57. The van der Waals surface area contributed by atoms with E-state index < -0.39 is 47.2 Å². The molecule has 0 spiro atoms. The van der Waals surface area contributed by atoms with E-state index in [0.717, 1.165) is 59.9 Å². The number of rotatable bonds is 33. The lowest BCUT2D eigenvalue weighted by atomic mass is 9.85. The third-order valence-electron chi connectivity index (χ3n) is 14.3. The molecule has 20 nitrogen and oxygen atoms in total. The number of ether oxygens (including phenoxy) is 4. The molecule has 6 aromatic rings. The molecule has 0 unspecified atom stereocenters. The van der Waals surface area contributed by atoms with E-state index >= 15 is 0 Å². The number of halogens is 3. The van der Waals surface area contributed by atoms with E-state index in [2.05, 4.69) is 46.4 Å². The van der Waals surface area contributed by atoms with E-state index in [9.17, 15) is 37.5 Å². The number of benzene rings is 3. The molecule has 1 fully saturated rings. The predicted octanol–water partition coefficient (Wildman–Crippen LogP) is 8.62. The summed E-state index contributed by atoms with van der Waals surface area (Å²) in [6.45, 7) is 10.8. The van der Waals surface area contributed by atoms with Crippen molar-refractivity contribution in [3.05, 3.63) is 125 Å². The van der Waals surface area contributed by atoms with Crippen molar-refractivity contribution in [3.63, 3.8) is 0 Å². The van der Waals surface area contributed by atoms with Gasteiger partial charge in [0.1, 0.15) is 29.9 Å². The maximum Gasteiger partial charge on any atom is 0.416 e. The van der Waals surface area contributed by atoms with E-state index in [-0.39, 0.29) is 67.7 Å². The van der Waals surface area contributed by atoms with Crippen molar-refractivity contribution in [1.82, 2.24) is 50.6 Å². The van der Waals surface area contributed by atoms with Crippen LogP contribution in [-0.4, -0.2) is 134 Å². The molecule has 0 radical (unpaired) electrons. The summed E-state index contributed by atoms with van der Waals surface area (Å²) < 4.78 is 66.7. The van der Waals surface area contributed by atoms with Gasteiger partial charge >= 0.3 is 6.18 Å². The fraction of sp³-hybridized carbons (Fsp3) is 0.492. The molecule has 1 saturated heterocycles. The van der Waals surface area contributed by atoms with Crippen molar-refractivity contribution in [2.75, 3.05) is 58.1 Å². The van der Waals surface area contributed by atoms with E-state index in [1.165, 1.54) is 23.4 Å². The number of aliphatic hydroxyl groups is 1. The molecule has 4 heterocycles. The average Bonchev–Trinajstić information content (AvgIpc) is 3.08. The van der Waals surface area contributed by atoms with Crippen LogP contribution in [0.4, 0.5) is 18.9 Å². The lowest BCUT2D eigenvalue weighted by Gasteiger charge is -2.35. The predicted molar refractivity (Wildman–Crippen MR) is 315 cm³/mol. The Morgan fingerprint density at radius 3 is 2.16 bits per heavy atom. The van der Waals surface area contributed by atoms with Crippen LogP contribution in [0, 0.1) is 12.3 Å². The molecule has 85 heavy (non-hydrogen) atoms. The second-order valence-corrected chi connectivity index (χ2v) is 22.7. The molecule has 3 aromatic carbocycles. The van der Waals surface area contributed by atoms with Crippen molar-refractivity contribution < 1.29 is 56.4 Å². The Labute approximate surface area is 498 Å². The maximum atomic E-state index is 14.0. The summed E-state index contributed by atoms with van der Waals surface area (Å²) in [6.07, 6.45) is 3.22. The fourth-order valence-electron chi connectivity index (χ4n) is 9.54. The Balaban J connectivity index is 0.689. The van der Waals surface area contributed by atoms with Gasteiger partial charge in [-0.05, 0) is 104 Å². The maximum absolute atomic E-state index is 14.0. The zero-order chi connectivity index (χ0) is 60.8. The molecular formula is C61H78F3N11O9S. The van der Waals surface area contributed by atoms with Gasteiger partial charge in [-0.3, -0.25) is 19.2 Å². The second-order valence-electron chi connectivity index (χ2n) is 21.9. The number of likely N-dealkylation sites (tertiary alicyclic amines) is 1. The topological polar surface area (TPSA) is 246 Å². The van der Waals surface area contributed by atoms with Crippen molar-refractivity contribution in [3.8, 4) is 27.7 Å². The first-order valence-electron chi connectivity index (χ1n) is 28.7. The van der Waals surface area contributed by atoms with Gasteiger partial charge in [-0.15, -0.1) is 21.5 Å². The van der Waals surface area contributed by atoms with Gasteiger partial charge in [0.15, 0.2) is 11.6 Å². The van der Waals surface area contributed by atoms with Gasteiger partial charge in [-0.25, -0.2) is 15.0 Å². The van der Waals surface area contributed by atoms with Gasteiger partial charge in [0.25, 0.3) is 5.91 Å². The number of aromatic nitrogens is 6. The minimum absolute atomic E-state index is 0.00172. The number of carbonyl (C=O) groups is 4. The van der Waals surface area contributed by atoms with Gasteiger partial charge in [0.05, 0.1) is 67.3 Å². The van der Waals surface area contributed by atoms with E-state index in [4.69, 9.17) is 18.9 Å². The molecule has 3 aromatic heterocycles. The number of carbonyl (C=O) groups excluding carboxylic acids is 4. The zero-order valence-electron chi connectivity index (χ0n) is 48.9.